The molecule has 0 aliphatic carbocycles. The largest absolute Gasteiger partial charge is 0.491 e. The van der Waals surface area contributed by atoms with Crippen molar-refractivity contribution in [2.75, 3.05) is 38.7 Å². The summed E-state index contributed by atoms with van der Waals surface area (Å²) in [6, 6.07) is 12.7. The van der Waals surface area contributed by atoms with Gasteiger partial charge >= 0.3 is 0 Å². The molecule has 1 saturated heterocycles. The molecule has 0 saturated carbocycles. The van der Waals surface area contributed by atoms with Crippen molar-refractivity contribution >= 4 is 27.6 Å². The predicted molar refractivity (Wildman–Crippen MR) is 132 cm³/mol. The first kappa shape index (κ1) is 21.7. The first-order valence-electron chi connectivity index (χ1n) is 11.6. The summed E-state index contributed by atoms with van der Waals surface area (Å²) in [5.41, 5.74) is 4.84. The SMILES string of the molecule is CC(C)Oc1ccc2[nH]nc(-c3nc4ccc(N5CC(CN(C)C)OCC5C)cc4[nH]3)c2c1. The topological polar surface area (TPSA) is 82.3 Å². The van der Waals surface area contributed by atoms with Crippen molar-refractivity contribution in [3.05, 3.63) is 36.4 Å². The van der Waals surface area contributed by atoms with E-state index in [-0.39, 0.29) is 12.2 Å². The van der Waals surface area contributed by atoms with Crippen LogP contribution in [0.2, 0.25) is 0 Å². The molecule has 2 unspecified atom stereocenters. The number of H-pyrrole nitrogens is 2. The number of benzene rings is 2. The van der Waals surface area contributed by atoms with Gasteiger partial charge in [0.15, 0.2) is 5.82 Å². The summed E-state index contributed by atoms with van der Waals surface area (Å²) in [6.07, 6.45) is 0.309. The third-order valence-corrected chi connectivity index (χ3v) is 6.00. The van der Waals surface area contributed by atoms with Crippen molar-refractivity contribution in [2.24, 2.45) is 0 Å². The van der Waals surface area contributed by atoms with Crippen LogP contribution >= 0.6 is 0 Å². The maximum absolute atomic E-state index is 6.04. The van der Waals surface area contributed by atoms with E-state index < -0.39 is 0 Å². The van der Waals surface area contributed by atoms with E-state index >= 15 is 0 Å². The number of likely N-dealkylation sites (N-methyl/N-ethyl adjacent to an activating group) is 1. The van der Waals surface area contributed by atoms with Crippen LogP contribution in [0, 0.1) is 0 Å². The lowest BCUT2D eigenvalue weighted by Crippen LogP contribution is -2.51. The van der Waals surface area contributed by atoms with Crippen molar-refractivity contribution in [1.82, 2.24) is 25.1 Å². The minimum Gasteiger partial charge on any atom is -0.491 e. The van der Waals surface area contributed by atoms with E-state index in [9.17, 15) is 0 Å². The molecule has 2 aromatic carbocycles. The molecule has 0 spiro atoms. The third kappa shape index (κ3) is 4.41. The number of morpholine rings is 1. The lowest BCUT2D eigenvalue weighted by molar-refractivity contribution is 0.00880. The van der Waals surface area contributed by atoms with Crippen LogP contribution in [-0.4, -0.2) is 77.1 Å². The molecule has 1 aliphatic heterocycles. The Balaban J connectivity index is 1.46. The van der Waals surface area contributed by atoms with Crippen LogP contribution in [0.15, 0.2) is 36.4 Å². The van der Waals surface area contributed by atoms with Gasteiger partial charge in [-0.2, -0.15) is 5.10 Å². The van der Waals surface area contributed by atoms with Gasteiger partial charge in [0.25, 0.3) is 0 Å². The molecule has 0 amide bonds. The Hall–Kier alpha value is -3.10. The van der Waals surface area contributed by atoms with E-state index in [0.29, 0.717) is 6.04 Å². The molecule has 0 bridgehead atoms. The van der Waals surface area contributed by atoms with Crippen molar-refractivity contribution in [1.29, 1.82) is 0 Å². The van der Waals surface area contributed by atoms with Crippen LogP contribution < -0.4 is 9.64 Å². The van der Waals surface area contributed by atoms with Gasteiger partial charge in [-0.3, -0.25) is 5.10 Å². The summed E-state index contributed by atoms with van der Waals surface area (Å²) in [4.78, 5) is 12.9. The smallest absolute Gasteiger partial charge is 0.159 e. The number of hydrogen-bond acceptors (Lipinski definition) is 6. The fraction of sp³-hybridized carbons (Fsp3) is 0.440. The Morgan fingerprint density at radius 2 is 2.03 bits per heavy atom. The van der Waals surface area contributed by atoms with Crippen molar-refractivity contribution < 1.29 is 9.47 Å². The van der Waals surface area contributed by atoms with Crippen molar-refractivity contribution in [2.45, 2.75) is 39.0 Å². The summed E-state index contributed by atoms with van der Waals surface area (Å²) in [5.74, 6) is 1.57. The second kappa shape index (κ2) is 8.68. The molecule has 3 heterocycles. The number of fused-ring (bicyclic) bond motifs is 2. The first-order valence-corrected chi connectivity index (χ1v) is 11.6. The van der Waals surface area contributed by atoms with Crippen LogP contribution in [-0.2, 0) is 4.74 Å². The van der Waals surface area contributed by atoms with Gasteiger partial charge in [0.05, 0.1) is 35.4 Å². The van der Waals surface area contributed by atoms with Crippen molar-refractivity contribution in [3.8, 4) is 17.3 Å². The number of ether oxygens (including phenoxy) is 2. The van der Waals surface area contributed by atoms with E-state index in [2.05, 4.69) is 64.2 Å². The van der Waals surface area contributed by atoms with Crippen LogP contribution in [0.3, 0.4) is 0 Å². The first-order chi connectivity index (χ1) is 15.9. The second-order valence-electron chi connectivity index (χ2n) is 9.45. The molecule has 8 heteroatoms. The van der Waals surface area contributed by atoms with Gasteiger partial charge < -0.3 is 24.3 Å². The molecule has 174 valence electrons. The number of aromatic nitrogens is 4. The lowest BCUT2D eigenvalue weighted by Gasteiger charge is -2.40. The van der Waals surface area contributed by atoms with Crippen LogP contribution in [0.5, 0.6) is 5.75 Å². The molecular formula is C25H32N6O2. The minimum atomic E-state index is 0.113. The summed E-state index contributed by atoms with van der Waals surface area (Å²) in [5, 5.41) is 8.63. The molecule has 2 N–H and O–H groups in total. The van der Waals surface area contributed by atoms with Gasteiger partial charge in [-0.1, -0.05) is 0 Å². The summed E-state index contributed by atoms with van der Waals surface area (Å²) in [7, 11) is 4.17. The monoisotopic (exact) mass is 448 g/mol. The molecule has 0 radical (unpaired) electrons. The Kier molecular flexibility index (Phi) is 5.72. The van der Waals surface area contributed by atoms with Crippen LogP contribution in [0.4, 0.5) is 5.69 Å². The maximum Gasteiger partial charge on any atom is 0.159 e. The van der Waals surface area contributed by atoms with Crippen LogP contribution in [0.1, 0.15) is 20.8 Å². The quantitative estimate of drug-likeness (QED) is 0.463. The fourth-order valence-corrected chi connectivity index (χ4v) is 4.50. The average molecular weight is 449 g/mol. The number of nitrogens with zero attached hydrogens (tertiary/aromatic N) is 4. The molecule has 2 aromatic heterocycles. The molecule has 2 atom stereocenters. The number of rotatable bonds is 6. The number of imidazole rings is 1. The average Bonchev–Trinajstić information content (AvgIpc) is 3.37. The zero-order chi connectivity index (χ0) is 23.1. The van der Waals surface area contributed by atoms with E-state index in [1.807, 2.05) is 32.0 Å². The second-order valence-corrected chi connectivity index (χ2v) is 9.45. The van der Waals surface area contributed by atoms with Gasteiger partial charge in [-0.15, -0.1) is 0 Å². The van der Waals surface area contributed by atoms with Gasteiger partial charge in [0.1, 0.15) is 11.4 Å². The summed E-state index contributed by atoms with van der Waals surface area (Å²) < 4.78 is 11.9. The highest BCUT2D eigenvalue weighted by molar-refractivity contribution is 5.94. The highest BCUT2D eigenvalue weighted by Crippen LogP contribution is 2.31. The lowest BCUT2D eigenvalue weighted by atomic mass is 10.1. The highest BCUT2D eigenvalue weighted by atomic mass is 16.5. The standard InChI is InChI=1S/C25H32N6O2/c1-15(2)33-18-7-9-21-20(11-18)24(29-28-21)25-26-22-8-6-17(10-23(22)27-25)31-13-19(12-30(4)5)32-14-16(31)3/h6-11,15-16,19H,12-14H2,1-5H3,(H,26,27)(H,28,29). The number of hydrogen-bond donors (Lipinski definition) is 2. The van der Waals surface area contributed by atoms with Gasteiger partial charge in [-0.05, 0) is 71.3 Å². The predicted octanol–water partition coefficient (Wildman–Crippen LogP) is 4.05. The van der Waals surface area contributed by atoms with E-state index in [1.54, 1.807) is 0 Å². The number of aromatic amines is 2. The van der Waals surface area contributed by atoms with E-state index in [4.69, 9.17) is 14.5 Å². The molecule has 8 nitrogen and oxygen atoms in total. The molecule has 4 aromatic rings. The van der Waals surface area contributed by atoms with Gasteiger partial charge in [0, 0.05) is 30.2 Å². The zero-order valence-electron chi connectivity index (χ0n) is 19.9. The Morgan fingerprint density at radius 3 is 2.82 bits per heavy atom. The van der Waals surface area contributed by atoms with Gasteiger partial charge in [0.2, 0.25) is 0 Å². The van der Waals surface area contributed by atoms with E-state index in [0.717, 1.165) is 58.9 Å². The third-order valence-electron chi connectivity index (χ3n) is 6.00. The Bertz CT molecular complexity index is 1260. The van der Waals surface area contributed by atoms with Crippen molar-refractivity contribution in [3.63, 3.8) is 0 Å². The molecule has 1 aliphatic rings. The maximum atomic E-state index is 6.04. The van der Waals surface area contributed by atoms with Gasteiger partial charge in [-0.25, -0.2) is 4.98 Å². The normalized spacial score (nSPS) is 19.3. The molecule has 5 rings (SSSR count). The molecular weight excluding hydrogens is 416 g/mol. The number of nitrogens with one attached hydrogen (secondary N) is 2. The van der Waals surface area contributed by atoms with E-state index in [1.165, 1.54) is 5.69 Å². The Morgan fingerprint density at radius 1 is 1.18 bits per heavy atom. The molecule has 33 heavy (non-hydrogen) atoms. The number of anilines is 1. The zero-order valence-corrected chi connectivity index (χ0v) is 19.9. The summed E-state index contributed by atoms with van der Waals surface area (Å²) >= 11 is 0. The fourth-order valence-electron chi connectivity index (χ4n) is 4.50. The Labute approximate surface area is 193 Å². The molecule has 1 fully saturated rings. The summed E-state index contributed by atoms with van der Waals surface area (Å²) in [6.45, 7) is 8.76. The van der Waals surface area contributed by atoms with Crippen LogP contribution in [0.25, 0.3) is 33.5 Å². The highest BCUT2D eigenvalue weighted by Gasteiger charge is 2.27. The minimum absolute atomic E-state index is 0.113.